The number of amides is 2. The SMILES string of the molecule is Cc1nc2cc(NC(=O)N3CCN(Cc4cccc(Oc5ccc(Cl)cc5)c4)CC3)ccc2o1. The average Bonchev–Trinajstić information content (AvgIpc) is 3.20. The van der Waals surface area contributed by atoms with E-state index in [4.69, 9.17) is 20.8 Å². The molecule has 2 amide bonds. The van der Waals surface area contributed by atoms with Crippen LogP contribution in [0.3, 0.4) is 0 Å². The second kappa shape index (κ2) is 9.75. The number of nitrogens with zero attached hydrogens (tertiary/aromatic N) is 3. The van der Waals surface area contributed by atoms with Crippen molar-refractivity contribution in [1.29, 1.82) is 0 Å². The third-order valence-electron chi connectivity index (χ3n) is 5.76. The Labute approximate surface area is 202 Å². The van der Waals surface area contributed by atoms with Crippen LogP contribution < -0.4 is 10.1 Å². The van der Waals surface area contributed by atoms with Crippen molar-refractivity contribution in [3.63, 3.8) is 0 Å². The number of benzene rings is 3. The lowest BCUT2D eigenvalue weighted by molar-refractivity contribution is 0.143. The summed E-state index contributed by atoms with van der Waals surface area (Å²) in [5.41, 5.74) is 3.33. The molecule has 1 aromatic heterocycles. The van der Waals surface area contributed by atoms with Gasteiger partial charge in [-0.15, -0.1) is 0 Å². The van der Waals surface area contributed by atoms with Crippen LogP contribution in [0.2, 0.25) is 5.02 Å². The first-order valence-corrected chi connectivity index (χ1v) is 11.6. The summed E-state index contributed by atoms with van der Waals surface area (Å²) >= 11 is 5.94. The van der Waals surface area contributed by atoms with E-state index in [9.17, 15) is 4.79 Å². The molecule has 1 N–H and O–H groups in total. The Morgan fingerprint density at radius 3 is 2.62 bits per heavy atom. The number of carbonyl (C=O) groups is 1. The number of anilines is 1. The predicted octanol–water partition coefficient (Wildman–Crippen LogP) is 5.93. The molecule has 0 bridgehead atoms. The van der Waals surface area contributed by atoms with Crippen molar-refractivity contribution in [2.75, 3.05) is 31.5 Å². The largest absolute Gasteiger partial charge is 0.457 e. The number of nitrogens with one attached hydrogen (secondary N) is 1. The first-order valence-electron chi connectivity index (χ1n) is 11.2. The Kier molecular flexibility index (Phi) is 6.38. The molecule has 174 valence electrons. The number of halogens is 1. The molecule has 1 saturated heterocycles. The van der Waals surface area contributed by atoms with E-state index in [2.05, 4.69) is 27.3 Å². The molecule has 1 fully saturated rings. The van der Waals surface area contributed by atoms with Crippen LogP contribution in [0.4, 0.5) is 10.5 Å². The maximum atomic E-state index is 12.7. The molecule has 34 heavy (non-hydrogen) atoms. The van der Waals surface area contributed by atoms with E-state index >= 15 is 0 Å². The fourth-order valence-corrected chi connectivity index (χ4v) is 4.16. The zero-order valence-corrected chi connectivity index (χ0v) is 19.6. The van der Waals surface area contributed by atoms with E-state index in [0.29, 0.717) is 35.3 Å². The number of hydrogen-bond acceptors (Lipinski definition) is 5. The van der Waals surface area contributed by atoms with Gasteiger partial charge in [0.2, 0.25) is 0 Å². The van der Waals surface area contributed by atoms with E-state index in [1.165, 1.54) is 5.56 Å². The van der Waals surface area contributed by atoms with Crippen LogP contribution in [-0.4, -0.2) is 47.0 Å². The van der Waals surface area contributed by atoms with Crippen LogP contribution in [0.1, 0.15) is 11.5 Å². The summed E-state index contributed by atoms with van der Waals surface area (Å²) < 4.78 is 11.4. The molecular weight excluding hydrogens is 452 g/mol. The number of piperazine rings is 1. The van der Waals surface area contributed by atoms with Gasteiger partial charge in [-0.3, -0.25) is 4.90 Å². The third kappa shape index (κ3) is 5.32. The lowest BCUT2D eigenvalue weighted by atomic mass is 10.2. The molecule has 0 atom stereocenters. The number of ether oxygens (including phenoxy) is 1. The minimum atomic E-state index is -0.0995. The van der Waals surface area contributed by atoms with Gasteiger partial charge in [-0.2, -0.15) is 0 Å². The minimum Gasteiger partial charge on any atom is -0.457 e. The molecule has 3 aromatic carbocycles. The molecule has 0 radical (unpaired) electrons. The first kappa shape index (κ1) is 22.3. The van der Waals surface area contributed by atoms with Gasteiger partial charge in [-0.25, -0.2) is 9.78 Å². The van der Waals surface area contributed by atoms with E-state index in [-0.39, 0.29) is 6.03 Å². The van der Waals surface area contributed by atoms with Gasteiger partial charge in [0.15, 0.2) is 11.5 Å². The molecule has 1 aliphatic rings. The van der Waals surface area contributed by atoms with Gasteiger partial charge >= 0.3 is 6.03 Å². The number of aromatic nitrogens is 1. The van der Waals surface area contributed by atoms with Crippen LogP contribution in [0, 0.1) is 6.92 Å². The highest BCUT2D eigenvalue weighted by molar-refractivity contribution is 6.30. The topological polar surface area (TPSA) is 70.8 Å². The number of aryl methyl sites for hydroxylation is 1. The summed E-state index contributed by atoms with van der Waals surface area (Å²) in [6, 6.07) is 20.8. The van der Waals surface area contributed by atoms with E-state index in [1.807, 2.05) is 59.5 Å². The van der Waals surface area contributed by atoms with E-state index in [0.717, 1.165) is 36.6 Å². The van der Waals surface area contributed by atoms with Crippen molar-refractivity contribution in [2.24, 2.45) is 0 Å². The molecule has 0 unspecified atom stereocenters. The normalized spacial score (nSPS) is 14.4. The standard InChI is InChI=1S/C26H25ClN4O3/c1-18-28-24-16-21(7-10-25(24)33-18)29-26(32)31-13-11-30(12-14-31)17-19-3-2-4-23(15-19)34-22-8-5-20(27)6-9-22/h2-10,15-16H,11-14,17H2,1H3,(H,29,32). The van der Waals surface area contributed by atoms with Crippen LogP contribution in [-0.2, 0) is 6.54 Å². The van der Waals surface area contributed by atoms with Gasteiger partial charge in [-0.05, 0) is 60.2 Å². The highest BCUT2D eigenvalue weighted by Crippen LogP contribution is 2.25. The fourth-order valence-electron chi connectivity index (χ4n) is 4.04. The molecule has 5 rings (SSSR count). The highest BCUT2D eigenvalue weighted by Gasteiger charge is 2.21. The van der Waals surface area contributed by atoms with Crippen molar-refractivity contribution in [3.8, 4) is 11.5 Å². The summed E-state index contributed by atoms with van der Waals surface area (Å²) in [6.45, 7) is 5.54. The Balaban J connectivity index is 1.13. The Morgan fingerprint density at radius 1 is 1.03 bits per heavy atom. The molecule has 7 nitrogen and oxygen atoms in total. The molecule has 1 aliphatic heterocycles. The van der Waals surface area contributed by atoms with Crippen LogP contribution in [0.5, 0.6) is 11.5 Å². The molecule has 4 aromatic rings. The molecule has 0 aliphatic carbocycles. The maximum Gasteiger partial charge on any atom is 0.321 e. The molecule has 8 heteroatoms. The Hall–Kier alpha value is -3.55. The van der Waals surface area contributed by atoms with Crippen molar-refractivity contribution >= 4 is 34.4 Å². The first-order chi connectivity index (χ1) is 16.5. The number of oxazole rings is 1. The quantitative estimate of drug-likeness (QED) is 0.386. The van der Waals surface area contributed by atoms with Crippen molar-refractivity contribution in [3.05, 3.63) is 83.2 Å². The van der Waals surface area contributed by atoms with Crippen molar-refractivity contribution in [2.45, 2.75) is 13.5 Å². The fraction of sp³-hybridized carbons (Fsp3) is 0.231. The van der Waals surface area contributed by atoms with Gasteiger partial charge in [0.1, 0.15) is 17.0 Å². The van der Waals surface area contributed by atoms with Gasteiger partial charge in [0, 0.05) is 50.4 Å². The second-order valence-corrected chi connectivity index (χ2v) is 8.75. The molecular formula is C26H25ClN4O3. The monoisotopic (exact) mass is 476 g/mol. The molecule has 2 heterocycles. The van der Waals surface area contributed by atoms with Gasteiger partial charge in [0.25, 0.3) is 0 Å². The summed E-state index contributed by atoms with van der Waals surface area (Å²) in [6.07, 6.45) is 0. The summed E-state index contributed by atoms with van der Waals surface area (Å²) in [5.74, 6) is 2.15. The van der Waals surface area contributed by atoms with Gasteiger partial charge in [0.05, 0.1) is 0 Å². The minimum absolute atomic E-state index is 0.0995. The number of rotatable bonds is 5. The van der Waals surface area contributed by atoms with Crippen LogP contribution in [0.25, 0.3) is 11.1 Å². The second-order valence-electron chi connectivity index (χ2n) is 8.31. The summed E-state index contributed by atoms with van der Waals surface area (Å²) in [7, 11) is 0. The Bertz CT molecular complexity index is 1300. The van der Waals surface area contributed by atoms with Gasteiger partial charge in [-0.1, -0.05) is 23.7 Å². The van der Waals surface area contributed by atoms with E-state index in [1.54, 1.807) is 6.92 Å². The number of hydrogen-bond donors (Lipinski definition) is 1. The molecule has 0 spiro atoms. The highest BCUT2D eigenvalue weighted by atomic mass is 35.5. The summed E-state index contributed by atoms with van der Waals surface area (Å²) in [4.78, 5) is 21.2. The van der Waals surface area contributed by atoms with Crippen molar-refractivity contribution in [1.82, 2.24) is 14.8 Å². The van der Waals surface area contributed by atoms with Crippen LogP contribution in [0.15, 0.2) is 71.1 Å². The predicted molar refractivity (Wildman–Crippen MR) is 133 cm³/mol. The Morgan fingerprint density at radius 2 is 1.82 bits per heavy atom. The lowest BCUT2D eigenvalue weighted by Crippen LogP contribution is -2.49. The van der Waals surface area contributed by atoms with Crippen molar-refractivity contribution < 1.29 is 13.9 Å². The number of urea groups is 1. The third-order valence-corrected chi connectivity index (χ3v) is 6.01. The number of fused-ring (bicyclic) bond motifs is 1. The zero-order chi connectivity index (χ0) is 23.5. The molecule has 0 saturated carbocycles. The van der Waals surface area contributed by atoms with Gasteiger partial charge < -0.3 is 19.4 Å². The number of carbonyl (C=O) groups excluding carboxylic acids is 1. The van der Waals surface area contributed by atoms with Crippen LogP contribution >= 0.6 is 11.6 Å². The zero-order valence-electron chi connectivity index (χ0n) is 18.8. The maximum absolute atomic E-state index is 12.7. The average molecular weight is 477 g/mol. The summed E-state index contributed by atoms with van der Waals surface area (Å²) in [5, 5.41) is 3.65. The smallest absolute Gasteiger partial charge is 0.321 e. The lowest BCUT2D eigenvalue weighted by Gasteiger charge is -2.34. The van der Waals surface area contributed by atoms with E-state index < -0.39 is 0 Å².